The SMILES string of the molecule is CN(C)S(=O)(=O)c1ccc(C=NN=C2NC(=O)CS2)cc1. The fourth-order valence-electron chi connectivity index (χ4n) is 1.46. The first-order valence-electron chi connectivity index (χ1n) is 5.96. The van der Waals surface area contributed by atoms with Gasteiger partial charge in [-0.15, -0.1) is 5.10 Å². The molecule has 1 aliphatic heterocycles. The van der Waals surface area contributed by atoms with E-state index in [1.54, 1.807) is 12.1 Å². The Morgan fingerprint density at radius 3 is 2.48 bits per heavy atom. The number of thioether (sulfide) groups is 1. The van der Waals surface area contributed by atoms with Crippen molar-refractivity contribution >= 4 is 39.1 Å². The number of nitrogens with one attached hydrogen (secondary N) is 1. The standard InChI is InChI=1S/C12H14N4O3S2/c1-16(2)21(18,19)10-5-3-9(4-6-10)7-13-15-12-14-11(17)8-20-12/h3-7H,8H2,1-2H3,(H,14,15,17). The highest BCUT2D eigenvalue weighted by atomic mass is 32.2. The molecule has 1 aromatic rings. The molecule has 0 atom stereocenters. The predicted molar refractivity (Wildman–Crippen MR) is 82.9 cm³/mol. The van der Waals surface area contributed by atoms with Gasteiger partial charge in [0, 0.05) is 14.1 Å². The number of nitrogens with zero attached hydrogens (tertiary/aromatic N) is 3. The smallest absolute Gasteiger partial charge is 0.242 e. The van der Waals surface area contributed by atoms with Gasteiger partial charge >= 0.3 is 0 Å². The maximum Gasteiger partial charge on any atom is 0.242 e. The van der Waals surface area contributed by atoms with Crippen molar-refractivity contribution in [1.82, 2.24) is 9.62 Å². The van der Waals surface area contributed by atoms with Crippen molar-refractivity contribution in [2.75, 3.05) is 19.8 Å². The molecule has 0 saturated carbocycles. The van der Waals surface area contributed by atoms with E-state index in [0.29, 0.717) is 16.5 Å². The van der Waals surface area contributed by atoms with Gasteiger partial charge in [-0.25, -0.2) is 12.7 Å². The van der Waals surface area contributed by atoms with Gasteiger partial charge in [-0.2, -0.15) is 5.10 Å². The number of carbonyl (C=O) groups excluding carboxylic acids is 1. The summed E-state index contributed by atoms with van der Waals surface area (Å²) >= 11 is 1.29. The fraction of sp³-hybridized carbons (Fsp3) is 0.250. The molecule has 1 fully saturated rings. The van der Waals surface area contributed by atoms with E-state index in [0.717, 1.165) is 4.31 Å². The molecular weight excluding hydrogens is 312 g/mol. The van der Waals surface area contributed by atoms with Crippen molar-refractivity contribution in [2.24, 2.45) is 10.2 Å². The zero-order valence-electron chi connectivity index (χ0n) is 11.5. The number of amidine groups is 1. The highest BCUT2D eigenvalue weighted by Gasteiger charge is 2.17. The summed E-state index contributed by atoms with van der Waals surface area (Å²) in [7, 11) is -0.462. The number of benzene rings is 1. The Labute approximate surface area is 127 Å². The number of hydrogen-bond donors (Lipinski definition) is 1. The monoisotopic (exact) mass is 326 g/mol. The zero-order chi connectivity index (χ0) is 15.5. The van der Waals surface area contributed by atoms with Crippen molar-refractivity contribution in [3.8, 4) is 0 Å². The third-order valence-corrected chi connectivity index (χ3v) is 5.29. The van der Waals surface area contributed by atoms with Crippen LogP contribution in [0.25, 0.3) is 0 Å². The van der Waals surface area contributed by atoms with Crippen molar-refractivity contribution in [3.63, 3.8) is 0 Å². The summed E-state index contributed by atoms with van der Waals surface area (Å²) in [5.74, 6) is 0.262. The highest BCUT2D eigenvalue weighted by Crippen LogP contribution is 2.13. The Hall–Kier alpha value is -1.71. The lowest BCUT2D eigenvalue weighted by Crippen LogP contribution is -2.22. The summed E-state index contributed by atoms with van der Waals surface area (Å²) < 4.78 is 24.9. The molecule has 112 valence electrons. The van der Waals surface area contributed by atoms with Gasteiger partial charge in [0.25, 0.3) is 0 Å². The van der Waals surface area contributed by atoms with Crippen LogP contribution in [-0.4, -0.2) is 49.9 Å². The summed E-state index contributed by atoms with van der Waals surface area (Å²) in [4.78, 5) is 11.2. The second-order valence-corrected chi connectivity index (χ2v) is 7.46. The molecule has 0 bridgehead atoms. The second kappa shape index (κ2) is 6.37. The Kier molecular flexibility index (Phi) is 4.76. The van der Waals surface area contributed by atoms with Gasteiger partial charge in [0.1, 0.15) is 0 Å². The zero-order valence-corrected chi connectivity index (χ0v) is 13.1. The average molecular weight is 326 g/mol. The quantitative estimate of drug-likeness (QED) is 0.644. The van der Waals surface area contributed by atoms with E-state index < -0.39 is 10.0 Å². The lowest BCUT2D eigenvalue weighted by molar-refractivity contribution is -0.116. The van der Waals surface area contributed by atoms with Crippen LogP contribution in [0.4, 0.5) is 0 Å². The third-order valence-electron chi connectivity index (χ3n) is 2.60. The highest BCUT2D eigenvalue weighted by molar-refractivity contribution is 8.15. The van der Waals surface area contributed by atoms with Crippen molar-refractivity contribution in [2.45, 2.75) is 4.90 Å². The minimum absolute atomic E-state index is 0.0906. The van der Waals surface area contributed by atoms with Gasteiger partial charge in [0.15, 0.2) is 5.17 Å². The van der Waals surface area contributed by atoms with Gasteiger partial charge < -0.3 is 5.32 Å². The van der Waals surface area contributed by atoms with E-state index in [-0.39, 0.29) is 10.8 Å². The molecule has 1 aromatic carbocycles. The first-order valence-corrected chi connectivity index (χ1v) is 8.38. The largest absolute Gasteiger partial charge is 0.303 e. The topological polar surface area (TPSA) is 91.2 Å². The van der Waals surface area contributed by atoms with Crippen LogP contribution in [-0.2, 0) is 14.8 Å². The molecule has 9 heteroatoms. The maximum absolute atomic E-state index is 11.9. The lowest BCUT2D eigenvalue weighted by atomic mass is 10.2. The third kappa shape index (κ3) is 3.90. The van der Waals surface area contributed by atoms with Gasteiger partial charge in [0.05, 0.1) is 16.9 Å². The van der Waals surface area contributed by atoms with Crippen LogP contribution < -0.4 is 5.32 Å². The van der Waals surface area contributed by atoms with E-state index in [4.69, 9.17) is 0 Å². The number of hydrogen-bond acceptors (Lipinski definition) is 6. The first-order chi connectivity index (χ1) is 9.89. The molecule has 21 heavy (non-hydrogen) atoms. The Bertz CT molecular complexity index is 694. The molecule has 1 aliphatic rings. The van der Waals surface area contributed by atoms with Crippen molar-refractivity contribution in [3.05, 3.63) is 29.8 Å². The van der Waals surface area contributed by atoms with E-state index in [2.05, 4.69) is 15.5 Å². The van der Waals surface area contributed by atoms with E-state index in [1.807, 2.05) is 0 Å². The van der Waals surface area contributed by atoms with Crippen LogP contribution >= 0.6 is 11.8 Å². The van der Waals surface area contributed by atoms with Crippen molar-refractivity contribution in [1.29, 1.82) is 0 Å². The Balaban J connectivity index is 2.08. The maximum atomic E-state index is 11.9. The Morgan fingerprint density at radius 2 is 1.95 bits per heavy atom. The van der Waals surface area contributed by atoms with Crippen LogP contribution in [0.3, 0.4) is 0 Å². The van der Waals surface area contributed by atoms with Crippen LogP contribution in [0.5, 0.6) is 0 Å². The number of amides is 1. The summed E-state index contributed by atoms with van der Waals surface area (Å²) in [6, 6.07) is 6.30. The molecule has 1 N–H and O–H groups in total. The minimum Gasteiger partial charge on any atom is -0.303 e. The number of carbonyl (C=O) groups is 1. The van der Waals surface area contributed by atoms with Gasteiger partial charge in [-0.05, 0) is 17.7 Å². The summed E-state index contributed by atoms with van der Waals surface area (Å²) in [6.07, 6.45) is 1.49. The van der Waals surface area contributed by atoms with Gasteiger partial charge in [0.2, 0.25) is 15.9 Å². The molecule has 0 radical (unpaired) electrons. The van der Waals surface area contributed by atoms with Crippen LogP contribution in [0.2, 0.25) is 0 Å². The lowest BCUT2D eigenvalue weighted by Gasteiger charge is -2.10. The van der Waals surface area contributed by atoms with Gasteiger partial charge in [-0.1, -0.05) is 23.9 Å². The van der Waals surface area contributed by atoms with Crippen LogP contribution in [0.1, 0.15) is 5.56 Å². The molecule has 0 unspecified atom stereocenters. The molecule has 1 saturated heterocycles. The molecule has 0 aromatic heterocycles. The second-order valence-electron chi connectivity index (χ2n) is 4.34. The van der Waals surface area contributed by atoms with E-state index in [1.165, 1.54) is 44.2 Å². The normalized spacial score (nSPS) is 17.9. The van der Waals surface area contributed by atoms with Crippen LogP contribution in [0, 0.1) is 0 Å². The van der Waals surface area contributed by atoms with Gasteiger partial charge in [-0.3, -0.25) is 4.79 Å². The summed E-state index contributed by atoms with van der Waals surface area (Å²) in [6.45, 7) is 0. The summed E-state index contributed by atoms with van der Waals surface area (Å²) in [5.41, 5.74) is 0.714. The molecular formula is C12H14N4O3S2. The Morgan fingerprint density at radius 1 is 1.29 bits per heavy atom. The summed E-state index contributed by atoms with van der Waals surface area (Å²) in [5, 5.41) is 10.7. The first kappa shape index (κ1) is 15.7. The molecule has 7 nitrogen and oxygen atoms in total. The average Bonchev–Trinajstić information content (AvgIpc) is 2.85. The van der Waals surface area contributed by atoms with E-state index in [9.17, 15) is 13.2 Å². The molecule has 2 rings (SSSR count). The fourth-order valence-corrected chi connectivity index (χ4v) is 3.00. The van der Waals surface area contributed by atoms with E-state index >= 15 is 0 Å². The molecule has 1 heterocycles. The van der Waals surface area contributed by atoms with Crippen molar-refractivity contribution < 1.29 is 13.2 Å². The number of rotatable bonds is 4. The predicted octanol–water partition coefficient (Wildman–Crippen LogP) is 0.490. The molecule has 0 spiro atoms. The van der Waals surface area contributed by atoms with Crippen LogP contribution in [0.15, 0.2) is 39.4 Å². The number of sulfonamides is 1. The minimum atomic E-state index is -3.42. The molecule has 0 aliphatic carbocycles. The molecule has 1 amide bonds.